The summed E-state index contributed by atoms with van der Waals surface area (Å²) in [6.07, 6.45) is 0.0281. The lowest BCUT2D eigenvalue weighted by Crippen LogP contribution is -2.27. The summed E-state index contributed by atoms with van der Waals surface area (Å²) >= 11 is 0. The summed E-state index contributed by atoms with van der Waals surface area (Å²) in [6, 6.07) is 6.31. The zero-order chi connectivity index (χ0) is 13.5. The first kappa shape index (κ1) is 14.2. The topological polar surface area (TPSA) is 66.4 Å². The van der Waals surface area contributed by atoms with Gasteiger partial charge in [-0.3, -0.25) is 9.59 Å². The molecule has 0 fully saturated rings. The van der Waals surface area contributed by atoms with Gasteiger partial charge < -0.3 is 10.4 Å². The third-order valence-electron chi connectivity index (χ3n) is 2.59. The highest BCUT2D eigenvalue weighted by Gasteiger charge is 2.14. The van der Waals surface area contributed by atoms with Crippen LogP contribution in [0.4, 0.5) is 4.39 Å². The number of hydrogen-bond acceptors (Lipinski definition) is 2. The van der Waals surface area contributed by atoms with Crippen molar-refractivity contribution < 1.29 is 19.1 Å². The quantitative estimate of drug-likeness (QED) is 0.813. The second kappa shape index (κ2) is 6.74. The monoisotopic (exact) mass is 253 g/mol. The van der Waals surface area contributed by atoms with Crippen molar-refractivity contribution in [2.45, 2.75) is 25.7 Å². The molecule has 2 N–H and O–H groups in total. The van der Waals surface area contributed by atoms with Crippen molar-refractivity contribution in [2.24, 2.45) is 0 Å². The molecule has 0 aliphatic rings. The van der Waals surface area contributed by atoms with Gasteiger partial charge in [-0.15, -0.1) is 0 Å². The van der Waals surface area contributed by atoms with E-state index in [-0.39, 0.29) is 37.0 Å². The van der Waals surface area contributed by atoms with Gasteiger partial charge in [0.15, 0.2) is 0 Å². The Balaban J connectivity index is 2.45. The smallest absolute Gasteiger partial charge is 0.305 e. The van der Waals surface area contributed by atoms with E-state index in [1.807, 2.05) is 0 Å². The van der Waals surface area contributed by atoms with E-state index in [0.717, 1.165) is 0 Å². The molecule has 0 bridgehead atoms. The zero-order valence-electron chi connectivity index (χ0n) is 10.1. The summed E-state index contributed by atoms with van der Waals surface area (Å²) in [7, 11) is 0. The van der Waals surface area contributed by atoms with Gasteiger partial charge in [-0.2, -0.15) is 0 Å². The summed E-state index contributed by atoms with van der Waals surface area (Å²) in [5.74, 6) is -1.80. The maximum atomic E-state index is 13.4. The molecule has 1 atom stereocenters. The van der Waals surface area contributed by atoms with E-state index in [1.165, 1.54) is 6.07 Å². The van der Waals surface area contributed by atoms with Gasteiger partial charge in [0.1, 0.15) is 5.82 Å². The van der Waals surface area contributed by atoms with E-state index in [9.17, 15) is 14.0 Å². The second-order valence-electron chi connectivity index (χ2n) is 4.12. The summed E-state index contributed by atoms with van der Waals surface area (Å²) in [6.45, 7) is 1.85. The van der Waals surface area contributed by atoms with Gasteiger partial charge in [0.2, 0.25) is 5.91 Å². The third kappa shape index (κ3) is 4.53. The lowest BCUT2D eigenvalue weighted by molar-refractivity contribution is -0.136. The number of halogens is 1. The number of hydrogen-bond donors (Lipinski definition) is 2. The molecule has 1 unspecified atom stereocenters. The Morgan fingerprint density at radius 1 is 1.39 bits per heavy atom. The summed E-state index contributed by atoms with van der Waals surface area (Å²) < 4.78 is 13.4. The first-order valence-corrected chi connectivity index (χ1v) is 5.73. The highest BCUT2D eigenvalue weighted by atomic mass is 19.1. The molecule has 0 saturated heterocycles. The molecule has 5 heteroatoms. The van der Waals surface area contributed by atoms with Crippen LogP contribution < -0.4 is 5.32 Å². The van der Waals surface area contributed by atoms with Crippen molar-refractivity contribution in [3.05, 3.63) is 35.6 Å². The Kier molecular flexibility index (Phi) is 5.30. The van der Waals surface area contributed by atoms with Crippen LogP contribution in [0.25, 0.3) is 0 Å². The molecule has 0 saturated carbocycles. The van der Waals surface area contributed by atoms with Crippen molar-refractivity contribution in [2.75, 3.05) is 6.54 Å². The Morgan fingerprint density at radius 3 is 2.67 bits per heavy atom. The lowest BCUT2D eigenvalue weighted by Gasteiger charge is -2.12. The SMILES string of the molecule is CC(CC(=O)NCCC(=O)O)c1ccccc1F. The Hall–Kier alpha value is -1.91. The van der Waals surface area contributed by atoms with Gasteiger partial charge >= 0.3 is 5.97 Å². The molecule has 1 aromatic rings. The normalized spacial score (nSPS) is 11.9. The van der Waals surface area contributed by atoms with Crippen LogP contribution in [0.3, 0.4) is 0 Å². The van der Waals surface area contributed by atoms with E-state index < -0.39 is 5.97 Å². The molecule has 98 valence electrons. The average molecular weight is 253 g/mol. The van der Waals surface area contributed by atoms with Crippen LogP contribution in [0.1, 0.15) is 31.2 Å². The Bertz CT molecular complexity index is 434. The van der Waals surface area contributed by atoms with Gasteiger partial charge in [0, 0.05) is 13.0 Å². The number of carboxylic acid groups (broad SMARTS) is 1. The number of carbonyl (C=O) groups excluding carboxylic acids is 1. The fourth-order valence-corrected chi connectivity index (χ4v) is 1.64. The molecule has 0 spiro atoms. The largest absolute Gasteiger partial charge is 0.481 e. The molecule has 4 nitrogen and oxygen atoms in total. The number of benzene rings is 1. The molecular formula is C13H16FNO3. The van der Waals surface area contributed by atoms with E-state index in [4.69, 9.17) is 5.11 Å². The molecule has 1 aromatic carbocycles. The minimum Gasteiger partial charge on any atom is -0.481 e. The highest BCUT2D eigenvalue weighted by Crippen LogP contribution is 2.21. The van der Waals surface area contributed by atoms with E-state index in [2.05, 4.69) is 5.32 Å². The predicted octanol–water partition coefficient (Wildman–Crippen LogP) is 1.91. The fraction of sp³-hybridized carbons (Fsp3) is 0.385. The van der Waals surface area contributed by atoms with Crippen LogP contribution >= 0.6 is 0 Å². The number of amides is 1. The molecular weight excluding hydrogens is 237 g/mol. The molecule has 0 aromatic heterocycles. The number of carboxylic acids is 1. The van der Waals surface area contributed by atoms with Crippen LogP contribution in [0.5, 0.6) is 0 Å². The highest BCUT2D eigenvalue weighted by molar-refractivity contribution is 5.77. The van der Waals surface area contributed by atoms with Gasteiger partial charge in [-0.1, -0.05) is 25.1 Å². The number of rotatable bonds is 6. The first-order valence-electron chi connectivity index (χ1n) is 5.73. The molecule has 0 heterocycles. The van der Waals surface area contributed by atoms with Crippen LogP contribution in [0.2, 0.25) is 0 Å². The molecule has 18 heavy (non-hydrogen) atoms. The van der Waals surface area contributed by atoms with Gasteiger partial charge in [-0.25, -0.2) is 4.39 Å². The Morgan fingerprint density at radius 2 is 2.06 bits per heavy atom. The van der Waals surface area contributed by atoms with Crippen molar-refractivity contribution in [3.8, 4) is 0 Å². The first-order chi connectivity index (χ1) is 8.50. The van der Waals surface area contributed by atoms with Gasteiger partial charge in [0.05, 0.1) is 6.42 Å². The van der Waals surface area contributed by atoms with E-state index >= 15 is 0 Å². The van der Waals surface area contributed by atoms with Gasteiger partial charge in [-0.05, 0) is 17.5 Å². The molecule has 0 aliphatic heterocycles. The van der Waals surface area contributed by atoms with Gasteiger partial charge in [0.25, 0.3) is 0 Å². The lowest BCUT2D eigenvalue weighted by atomic mass is 9.97. The minimum absolute atomic E-state index is 0.0954. The summed E-state index contributed by atoms with van der Waals surface area (Å²) in [5.41, 5.74) is 0.492. The minimum atomic E-state index is -0.961. The van der Waals surface area contributed by atoms with Crippen molar-refractivity contribution in [3.63, 3.8) is 0 Å². The van der Waals surface area contributed by atoms with Crippen LogP contribution in [-0.2, 0) is 9.59 Å². The van der Waals surface area contributed by atoms with Crippen LogP contribution in [0.15, 0.2) is 24.3 Å². The van der Waals surface area contributed by atoms with Crippen LogP contribution in [0, 0.1) is 5.82 Å². The number of carbonyl (C=O) groups is 2. The van der Waals surface area contributed by atoms with Crippen molar-refractivity contribution in [1.82, 2.24) is 5.32 Å². The van der Waals surface area contributed by atoms with E-state index in [1.54, 1.807) is 25.1 Å². The fourth-order valence-electron chi connectivity index (χ4n) is 1.64. The molecule has 0 radical (unpaired) electrons. The number of nitrogens with one attached hydrogen (secondary N) is 1. The van der Waals surface area contributed by atoms with E-state index in [0.29, 0.717) is 5.56 Å². The van der Waals surface area contributed by atoms with Crippen molar-refractivity contribution >= 4 is 11.9 Å². The summed E-state index contributed by atoms with van der Waals surface area (Å²) in [5, 5.41) is 10.9. The molecule has 0 aliphatic carbocycles. The maximum Gasteiger partial charge on any atom is 0.305 e. The van der Waals surface area contributed by atoms with Crippen molar-refractivity contribution in [1.29, 1.82) is 0 Å². The predicted molar refractivity (Wildman–Crippen MR) is 64.7 cm³/mol. The number of aliphatic carboxylic acids is 1. The zero-order valence-corrected chi connectivity index (χ0v) is 10.1. The summed E-state index contributed by atoms with van der Waals surface area (Å²) in [4.78, 5) is 21.8. The molecule has 1 rings (SSSR count). The third-order valence-corrected chi connectivity index (χ3v) is 2.59. The standard InChI is InChI=1S/C13H16FNO3/c1-9(10-4-2-3-5-11(10)14)8-12(16)15-7-6-13(17)18/h2-5,9H,6-8H2,1H3,(H,15,16)(H,17,18). The Labute approximate surface area is 105 Å². The van der Waals surface area contributed by atoms with Crippen LogP contribution in [-0.4, -0.2) is 23.5 Å². The second-order valence-corrected chi connectivity index (χ2v) is 4.12. The molecule has 1 amide bonds. The average Bonchev–Trinajstić information content (AvgIpc) is 2.28. The maximum absolute atomic E-state index is 13.4.